The highest BCUT2D eigenvalue weighted by Gasteiger charge is 2.26. The normalized spacial score (nSPS) is 20.1. The standard InChI is InChI=1S/C14H24N4O4/c1-14(2,3)22-21-13(19)17-9-7-16(8-10-17)11-12-15-5-4-6-18(12)20/h4-5,20H,6-11H2,1-3H3. The Balaban J connectivity index is 1.74. The maximum atomic E-state index is 11.9. The highest BCUT2D eigenvalue weighted by atomic mass is 17.2. The van der Waals surface area contributed by atoms with E-state index in [2.05, 4.69) is 9.89 Å². The number of carbonyl (C=O) groups excluding carboxylic acids is 1. The molecule has 22 heavy (non-hydrogen) atoms. The molecule has 0 aliphatic carbocycles. The van der Waals surface area contributed by atoms with E-state index >= 15 is 0 Å². The molecule has 0 saturated carbocycles. The van der Waals surface area contributed by atoms with E-state index in [0.717, 1.165) is 5.06 Å². The SMILES string of the molecule is CC(C)(C)OOC(=O)N1CCN(CC2=NC=CCN2O)CC1. The van der Waals surface area contributed by atoms with Crippen LogP contribution in [0.4, 0.5) is 4.79 Å². The number of aliphatic imine (C=N–C) groups is 1. The van der Waals surface area contributed by atoms with Crippen molar-refractivity contribution in [3.8, 4) is 0 Å². The largest absolute Gasteiger partial charge is 0.441 e. The Labute approximate surface area is 130 Å². The second-order valence-electron chi connectivity index (χ2n) is 6.32. The Bertz CT molecular complexity index is 450. The van der Waals surface area contributed by atoms with Gasteiger partial charge >= 0.3 is 6.09 Å². The van der Waals surface area contributed by atoms with Gasteiger partial charge in [0.2, 0.25) is 0 Å². The van der Waals surface area contributed by atoms with Crippen LogP contribution in [0.1, 0.15) is 20.8 Å². The fraction of sp³-hybridized carbons (Fsp3) is 0.714. The number of hydrogen-bond donors (Lipinski definition) is 1. The second-order valence-corrected chi connectivity index (χ2v) is 6.32. The maximum Gasteiger partial charge on any atom is 0.441 e. The van der Waals surface area contributed by atoms with Crippen LogP contribution in [0.5, 0.6) is 0 Å². The van der Waals surface area contributed by atoms with Crippen LogP contribution >= 0.6 is 0 Å². The molecule has 1 N–H and O–H groups in total. The summed E-state index contributed by atoms with van der Waals surface area (Å²) in [4.78, 5) is 29.7. The molecule has 124 valence electrons. The highest BCUT2D eigenvalue weighted by molar-refractivity contribution is 5.84. The molecular weight excluding hydrogens is 288 g/mol. The van der Waals surface area contributed by atoms with Crippen LogP contribution in [0.15, 0.2) is 17.3 Å². The lowest BCUT2D eigenvalue weighted by molar-refractivity contribution is -0.305. The molecular formula is C14H24N4O4. The molecule has 0 atom stereocenters. The van der Waals surface area contributed by atoms with Gasteiger partial charge in [-0.25, -0.2) is 14.9 Å². The van der Waals surface area contributed by atoms with Gasteiger partial charge in [-0.05, 0) is 26.8 Å². The van der Waals surface area contributed by atoms with Gasteiger partial charge in [-0.15, -0.1) is 0 Å². The van der Waals surface area contributed by atoms with Crippen molar-refractivity contribution in [3.63, 3.8) is 0 Å². The first kappa shape index (κ1) is 16.7. The Kier molecular flexibility index (Phi) is 5.38. The first-order valence-electron chi connectivity index (χ1n) is 7.40. The van der Waals surface area contributed by atoms with Crippen LogP contribution in [0, 0.1) is 0 Å². The van der Waals surface area contributed by atoms with E-state index in [1.165, 1.54) is 0 Å². The van der Waals surface area contributed by atoms with Crippen LogP contribution in [-0.2, 0) is 9.78 Å². The van der Waals surface area contributed by atoms with Crippen LogP contribution < -0.4 is 0 Å². The summed E-state index contributed by atoms with van der Waals surface area (Å²) >= 11 is 0. The number of nitrogens with zero attached hydrogens (tertiary/aromatic N) is 4. The molecule has 2 heterocycles. The minimum Gasteiger partial charge on any atom is -0.303 e. The summed E-state index contributed by atoms with van der Waals surface area (Å²) in [5.41, 5.74) is -0.519. The molecule has 2 rings (SSSR count). The first-order chi connectivity index (χ1) is 10.3. The van der Waals surface area contributed by atoms with Gasteiger partial charge in [0.1, 0.15) is 11.4 Å². The monoisotopic (exact) mass is 312 g/mol. The molecule has 0 aromatic carbocycles. The lowest BCUT2D eigenvalue weighted by Gasteiger charge is -2.35. The summed E-state index contributed by atoms with van der Waals surface area (Å²) in [7, 11) is 0. The summed E-state index contributed by atoms with van der Waals surface area (Å²) < 4.78 is 0. The molecule has 2 aliphatic heterocycles. The van der Waals surface area contributed by atoms with E-state index in [4.69, 9.17) is 9.78 Å². The zero-order valence-corrected chi connectivity index (χ0v) is 13.4. The molecule has 8 heteroatoms. The minimum atomic E-state index is -0.519. The minimum absolute atomic E-state index is 0.454. The predicted octanol–water partition coefficient (Wildman–Crippen LogP) is 1.09. The van der Waals surface area contributed by atoms with Crippen molar-refractivity contribution in [2.45, 2.75) is 26.4 Å². The molecule has 0 bridgehead atoms. The average molecular weight is 312 g/mol. The molecule has 8 nitrogen and oxygen atoms in total. The van der Waals surface area contributed by atoms with E-state index in [1.54, 1.807) is 17.2 Å². The molecule has 0 spiro atoms. The van der Waals surface area contributed by atoms with E-state index in [9.17, 15) is 10.0 Å². The molecule has 1 saturated heterocycles. The third kappa shape index (κ3) is 4.97. The smallest absolute Gasteiger partial charge is 0.303 e. The van der Waals surface area contributed by atoms with Crippen molar-refractivity contribution in [2.75, 3.05) is 39.3 Å². The van der Waals surface area contributed by atoms with Crippen molar-refractivity contribution < 1.29 is 19.8 Å². The van der Waals surface area contributed by atoms with E-state index in [-0.39, 0.29) is 0 Å². The fourth-order valence-electron chi connectivity index (χ4n) is 2.08. The van der Waals surface area contributed by atoms with Crippen LogP contribution in [0.2, 0.25) is 0 Å². The van der Waals surface area contributed by atoms with Gasteiger partial charge in [0.25, 0.3) is 0 Å². The Morgan fingerprint density at radius 3 is 2.59 bits per heavy atom. The molecule has 0 unspecified atom stereocenters. The van der Waals surface area contributed by atoms with Gasteiger partial charge in [0, 0.05) is 32.4 Å². The number of hydroxylamine groups is 2. The third-order valence-corrected chi connectivity index (χ3v) is 3.26. The average Bonchev–Trinajstić information content (AvgIpc) is 2.47. The molecule has 1 fully saturated rings. The van der Waals surface area contributed by atoms with Crippen LogP contribution in [-0.4, -0.2) is 76.9 Å². The zero-order valence-electron chi connectivity index (χ0n) is 13.4. The topological polar surface area (TPSA) is 77.8 Å². The zero-order chi connectivity index (χ0) is 16.2. The molecule has 1 amide bonds. The van der Waals surface area contributed by atoms with Crippen LogP contribution in [0.3, 0.4) is 0 Å². The maximum absolute atomic E-state index is 11.9. The molecule has 0 radical (unpaired) electrons. The molecule has 0 aromatic heterocycles. The summed E-state index contributed by atoms with van der Waals surface area (Å²) in [6.45, 7) is 8.97. The Morgan fingerprint density at radius 2 is 2.00 bits per heavy atom. The van der Waals surface area contributed by atoms with Gasteiger partial charge in [0.05, 0.1) is 13.1 Å². The Morgan fingerprint density at radius 1 is 1.32 bits per heavy atom. The first-order valence-corrected chi connectivity index (χ1v) is 7.40. The summed E-state index contributed by atoms with van der Waals surface area (Å²) in [6, 6.07) is 0. The Hall–Kier alpha value is -1.64. The van der Waals surface area contributed by atoms with Crippen molar-refractivity contribution >= 4 is 11.9 Å². The second kappa shape index (κ2) is 7.08. The van der Waals surface area contributed by atoms with Gasteiger partial charge in [0.15, 0.2) is 0 Å². The summed E-state index contributed by atoms with van der Waals surface area (Å²) in [6.07, 6.45) is 3.02. The lowest BCUT2D eigenvalue weighted by atomic mass is 10.2. The number of hydrogen-bond acceptors (Lipinski definition) is 7. The molecule has 0 aromatic rings. The van der Waals surface area contributed by atoms with Crippen molar-refractivity contribution in [2.24, 2.45) is 4.99 Å². The van der Waals surface area contributed by atoms with Gasteiger partial charge in [-0.1, -0.05) is 0 Å². The van der Waals surface area contributed by atoms with Gasteiger partial charge in [-0.3, -0.25) is 15.0 Å². The van der Waals surface area contributed by atoms with Crippen molar-refractivity contribution in [1.29, 1.82) is 0 Å². The number of amides is 1. The number of piperazine rings is 1. The lowest BCUT2D eigenvalue weighted by Crippen LogP contribution is -2.51. The molecule has 2 aliphatic rings. The third-order valence-electron chi connectivity index (χ3n) is 3.26. The quantitative estimate of drug-likeness (QED) is 0.621. The number of carbonyl (C=O) groups is 1. The van der Waals surface area contributed by atoms with Gasteiger partial charge in [-0.2, -0.15) is 4.89 Å². The van der Waals surface area contributed by atoms with E-state index in [0.29, 0.717) is 45.1 Å². The summed E-state index contributed by atoms with van der Waals surface area (Å²) in [5.74, 6) is 0.620. The van der Waals surface area contributed by atoms with E-state index < -0.39 is 11.7 Å². The van der Waals surface area contributed by atoms with Crippen molar-refractivity contribution in [3.05, 3.63) is 12.3 Å². The number of rotatable bonds is 3. The predicted molar refractivity (Wildman–Crippen MR) is 80.4 cm³/mol. The fourth-order valence-corrected chi connectivity index (χ4v) is 2.08. The highest BCUT2D eigenvalue weighted by Crippen LogP contribution is 2.10. The van der Waals surface area contributed by atoms with E-state index in [1.807, 2.05) is 20.8 Å². The van der Waals surface area contributed by atoms with Gasteiger partial charge < -0.3 is 4.90 Å². The van der Waals surface area contributed by atoms with Crippen molar-refractivity contribution in [1.82, 2.24) is 14.9 Å². The van der Waals surface area contributed by atoms with Crippen LogP contribution in [0.25, 0.3) is 0 Å². The summed E-state index contributed by atoms with van der Waals surface area (Å²) in [5, 5.41) is 10.8. The number of amidine groups is 1.